The van der Waals surface area contributed by atoms with Crippen molar-refractivity contribution in [3.63, 3.8) is 0 Å². The third-order valence-electron chi connectivity index (χ3n) is 13.4. The number of nitrogens with zero attached hydrogens (tertiary/aromatic N) is 6. The van der Waals surface area contributed by atoms with Gasteiger partial charge in [-0.2, -0.15) is 0 Å². The van der Waals surface area contributed by atoms with Gasteiger partial charge in [-0.05, 0) is 91.6 Å². The number of rotatable bonds is 14. The number of para-hydroxylation sites is 1. The number of nitrogens with one attached hydrogen (secondary N) is 2. The van der Waals surface area contributed by atoms with Crippen molar-refractivity contribution in [1.29, 1.82) is 0 Å². The minimum absolute atomic E-state index is 0.0288. The van der Waals surface area contributed by atoms with Gasteiger partial charge in [-0.15, -0.1) is 0 Å². The first-order valence-electron chi connectivity index (χ1n) is 24.4. The number of carbonyl (C=O) groups excluding carboxylic acids is 4. The second-order valence-corrected chi connectivity index (χ2v) is 19.4. The number of carbonyl (C=O) groups is 4. The molecule has 7 rings (SSSR count). The Morgan fingerprint density at radius 2 is 1.80 bits per heavy atom. The summed E-state index contributed by atoms with van der Waals surface area (Å²) in [5.41, 5.74) is 11.4. The Bertz CT molecular complexity index is 2760. The van der Waals surface area contributed by atoms with Crippen LogP contribution >= 0.6 is 0 Å². The van der Waals surface area contributed by atoms with E-state index in [-0.39, 0.29) is 43.9 Å². The molecule has 0 radical (unpaired) electrons. The highest BCUT2D eigenvalue weighted by Gasteiger charge is 2.38. The summed E-state index contributed by atoms with van der Waals surface area (Å²) in [6.45, 7) is 13.7. The van der Waals surface area contributed by atoms with Crippen molar-refractivity contribution in [1.82, 2.24) is 30.2 Å². The number of pyridine rings is 1. The number of amides is 3. The Labute approximate surface area is 411 Å². The molecule has 2 aromatic heterocycles. The summed E-state index contributed by atoms with van der Waals surface area (Å²) < 4.78 is 19.7. The highest BCUT2D eigenvalue weighted by atomic mass is 16.5. The van der Waals surface area contributed by atoms with Gasteiger partial charge >= 0.3 is 5.97 Å². The molecule has 2 aliphatic heterocycles. The zero-order valence-corrected chi connectivity index (χ0v) is 42.1. The summed E-state index contributed by atoms with van der Waals surface area (Å²) in [6.07, 6.45) is 3.33. The van der Waals surface area contributed by atoms with Gasteiger partial charge < -0.3 is 29.0 Å². The van der Waals surface area contributed by atoms with Crippen LogP contribution in [0.1, 0.15) is 89.3 Å². The third-order valence-corrected chi connectivity index (χ3v) is 13.4. The maximum Gasteiger partial charge on any atom is 0.324 e. The van der Waals surface area contributed by atoms with Crippen LogP contribution in [0.4, 0.5) is 0 Å². The SMILES string of the molecule is CCn1c(-c2cccnc2[C@H](C)OC)c2c3cc(ccc31)-c1cccc(c1)C[C@H](NC(=O)C(C(C)C)N(C)C(=O)CCN=C=NCc1ccccc1OC)C(=O)N1CCC[C@H](N1)C(=O)OCC(C)(C)C2. The number of aryl methyl sites for hydroxylation is 1. The van der Waals surface area contributed by atoms with E-state index in [0.29, 0.717) is 38.9 Å². The Morgan fingerprint density at radius 3 is 2.56 bits per heavy atom. The van der Waals surface area contributed by atoms with Crippen molar-refractivity contribution >= 4 is 40.6 Å². The lowest BCUT2D eigenvalue weighted by Crippen LogP contribution is -2.62. The van der Waals surface area contributed by atoms with Crippen LogP contribution in [0.25, 0.3) is 33.3 Å². The molecule has 15 heteroatoms. The van der Waals surface area contributed by atoms with Crippen LogP contribution < -0.4 is 15.5 Å². The van der Waals surface area contributed by atoms with E-state index in [2.05, 4.69) is 88.5 Å². The van der Waals surface area contributed by atoms with Gasteiger partial charge in [-0.3, -0.25) is 29.2 Å². The molecule has 3 amide bonds. The standard InChI is InChI=1S/C55H68N8O7/c1-10-62-46-23-22-39-30-42(46)43(51(62)41-19-14-25-58-49(41)36(4)68-8)31-55(5,6)33-70-54(67)44-20-15-27-63(60-44)53(66)45(29-37-16-13-18-38(39)28-37)59-52(65)50(35(2)3)61(7)48(64)24-26-56-34-57-32-40-17-11-12-21-47(40)69-9/h11-14,16-19,21-23,25,28,30,35-36,44-45,50,60H,10,15,20,24,26-27,29,31-33H2,1-9H3,(H,59,65)/t36-,44-,45-,50?/m0/s1. The molecule has 2 N–H and O–H groups in total. The van der Waals surface area contributed by atoms with Crippen LogP contribution in [0.2, 0.25) is 0 Å². The van der Waals surface area contributed by atoms with Crippen molar-refractivity contribution in [2.45, 2.75) is 111 Å². The quantitative estimate of drug-likeness (QED) is 0.0828. The molecule has 4 atom stereocenters. The second-order valence-electron chi connectivity index (χ2n) is 19.4. The van der Waals surface area contributed by atoms with Gasteiger partial charge in [-0.1, -0.05) is 76.2 Å². The molecule has 1 fully saturated rings. The van der Waals surface area contributed by atoms with E-state index >= 15 is 0 Å². The molecule has 70 heavy (non-hydrogen) atoms. The molecule has 6 bridgehead atoms. The van der Waals surface area contributed by atoms with Gasteiger partial charge in [0.25, 0.3) is 5.91 Å². The van der Waals surface area contributed by atoms with E-state index in [9.17, 15) is 19.2 Å². The molecular weight excluding hydrogens is 885 g/mol. The number of fused-ring (bicyclic) bond motifs is 6. The number of benzene rings is 3. The number of aliphatic imine (C=N–C) groups is 2. The fourth-order valence-corrected chi connectivity index (χ4v) is 9.71. The highest BCUT2D eigenvalue weighted by molar-refractivity contribution is 5.96. The van der Waals surface area contributed by atoms with Gasteiger partial charge in [0.2, 0.25) is 11.8 Å². The fourth-order valence-electron chi connectivity index (χ4n) is 9.71. The van der Waals surface area contributed by atoms with Crippen LogP contribution in [-0.2, 0) is 54.6 Å². The van der Waals surface area contributed by atoms with Crippen molar-refractivity contribution in [2.24, 2.45) is 21.3 Å². The summed E-state index contributed by atoms with van der Waals surface area (Å²) >= 11 is 0. The smallest absolute Gasteiger partial charge is 0.324 e. The van der Waals surface area contributed by atoms with E-state index < -0.39 is 41.3 Å². The highest BCUT2D eigenvalue weighted by Crippen LogP contribution is 2.42. The van der Waals surface area contributed by atoms with Crippen LogP contribution in [0.3, 0.4) is 0 Å². The van der Waals surface area contributed by atoms with Gasteiger partial charge in [0, 0.05) is 73.7 Å². The average Bonchev–Trinajstić information content (AvgIpc) is 3.66. The van der Waals surface area contributed by atoms with Crippen LogP contribution in [-0.4, -0.2) is 108 Å². The number of likely N-dealkylation sites (N-methyl/N-ethyl adjacent to an activating group) is 1. The largest absolute Gasteiger partial charge is 0.496 e. The second kappa shape index (κ2) is 22.8. The topological polar surface area (TPSA) is 169 Å². The summed E-state index contributed by atoms with van der Waals surface area (Å²) in [6, 6.07) is 26.1. The molecule has 1 saturated heterocycles. The lowest BCUT2D eigenvalue weighted by molar-refractivity contribution is -0.155. The molecule has 1 unspecified atom stereocenters. The van der Waals surface area contributed by atoms with Crippen LogP contribution in [0, 0.1) is 11.3 Å². The molecule has 370 valence electrons. The summed E-state index contributed by atoms with van der Waals surface area (Å²) in [5.74, 6) is -1.19. The molecule has 0 spiro atoms. The molecule has 3 aromatic carbocycles. The molecule has 4 heterocycles. The van der Waals surface area contributed by atoms with Crippen LogP contribution in [0.5, 0.6) is 5.75 Å². The predicted molar refractivity (Wildman–Crippen MR) is 271 cm³/mol. The van der Waals surface area contributed by atoms with Crippen molar-refractivity contribution < 1.29 is 33.4 Å². The number of ether oxygens (including phenoxy) is 3. The Balaban J connectivity index is 1.21. The lowest BCUT2D eigenvalue weighted by atomic mass is 9.84. The number of hydrogen-bond donors (Lipinski definition) is 2. The predicted octanol–water partition coefficient (Wildman–Crippen LogP) is 8.00. The molecule has 2 aliphatic rings. The van der Waals surface area contributed by atoms with E-state index in [1.165, 1.54) is 9.91 Å². The van der Waals surface area contributed by atoms with Gasteiger partial charge in [0.15, 0.2) is 0 Å². The van der Waals surface area contributed by atoms with E-state index in [1.807, 2.05) is 63.2 Å². The van der Waals surface area contributed by atoms with Gasteiger partial charge in [0.1, 0.15) is 23.9 Å². The maximum absolute atomic E-state index is 14.7. The Morgan fingerprint density at radius 1 is 1.01 bits per heavy atom. The molecule has 0 aliphatic carbocycles. The number of methoxy groups -OCH3 is 2. The fraction of sp³-hybridized carbons (Fsp3) is 0.455. The number of cyclic esters (lactones) is 1. The first kappa shape index (κ1) is 51.2. The minimum Gasteiger partial charge on any atom is -0.496 e. The van der Waals surface area contributed by atoms with Crippen LogP contribution in [0.15, 0.2) is 95.0 Å². The third kappa shape index (κ3) is 11.7. The number of esters is 1. The summed E-state index contributed by atoms with van der Waals surface area (Å²) in [7, 11) is 4.89. The van der Waals surface area contributed by atoms with Crippen molar-refractivity contribution in [3.05, 3.63) is 107 Å². The lowest BCUT2D eigenvalue weighted by Gasteiger charge is -2.36. The first-order chi connectivity index (χ1) is 33.6. The van der Waals surface area contributed by atoms with E-state index in [1.54, 1.807) is 27.5 Å². The molecular formula is C55H68N8O7. The Hall–Kier alpha value is -6.67. The van der Waals surface area contributed by atoms with E-state index in [4.69, 9.17) is 19.2 Å². The van der Waals surface area contributed by atoms with E-state index in [0.717, 1.165) is 61.4 Å². The average molecular weight is 953 g/mol. The van der Waals surface area contributed by atoms with Gasteiger partial charge in [-0.25, -0.2) is 15.4 Å². The first-order valence-corrected chi connectivity index (χ1v) is 24.4. The van der Waals surface area contributed by atoms with Crippen molar-refractivity contribution in [3.8, 4) is 28.1 Å². The zero-order chi connectivity index (χ0) is 50.1. The van der Waals surface area contributed by atoms with Crippen molar-refractivity contribution in [2.75, 3.05) is 41.0 Å². The number of hydrazine groups is 1. The zero-order valence-electron chi connectivity index (χ0n) is 42.1. The summed E-state index contributed by atoms with van der Waals surface area (Å²) in [5, 5.41) is 5.58. The monoisotopic (exact) mass is 953 g/mol. The molecule has 0 saturated carbocycles. The minimum atomic E-state index is -1.05. The normalized spacial score (nSPS) is 18.0. The maximum atomic E-state index is 14.7. The van der Waals surface area contributed by atoms with Gasteiger partial charge in [0.05, 0.1) is 50.3 Å². The molecule has 5 aromatic rings. The summed E-state index contributed by atoms with van der Waals surface area (Å²) in [4.78, 5) is 71.4. The Kier molecular flexibility index (Phi) is 16.7. The number of hydrogen-bond acceptors (Lipinski definition) is 11. The molecule has 15 nitrogen and oxygen atoms in total. The number of aromatic nitrogens is 2.